The maximum atomic E-state index is 13.5. The Morgan fingerprint density at radius 3 is 2.57 bits per heavy atom. The molecule has 0 bridgehead atoms. The molecule has 0 spiro atoms. The molecule has 76 valence electrons. The summed E-state index contributed by atoms with van der Waals surface area (Å²) in [6.07, 6.45) is 3.29. The Labute approximate surface area is 100 Å². The van der Waals surface area contributed by atoms with E-state index in [0.29, 0.717) is 5.41 Å². The summed E-state index contributed by atoms with van der Waals surface area (Å²) in [5, 5.41) is 0.982. The molecule has 1 aliphatic carbocycles. The molecule has 14 heavy (non-hydrogen) atoms. The summed E-state index contributed by atoms with van der Waals surface area (Å²) in [4.78, 5) is 0. The fourth-order valence-corrected chi connectivity index (χ4v) is 2.70. The highest BCUT2D eigenvalue weighted by Crippen LogP contribution is 2.49. The smallest absolute Gasteiger partial charge is 0.127 e. The van der Waals surface area contributed by atoms with Crippen LogP contribution in [0.3, 0.4) is 0 Å². The zero-order valence-electron chi connectivity index (χ0n) is 7.69. The molecule has 1 aliphatic rings. The molecule has 0 radical (unpaired) electrons. The first kappa shape index (κ1) is 10.6. The Balaban J connectivity index is 2.17. The highest BCUT2D eigenvalue weighted by Gasteiger charge is 2.41. The van der Waals surface area contributed by atoms with Gasteiger partial charge in [-0.15, -0.1) is 0 Å². The van der Waals surface area contributed by atoms with Crippen LogP contribution < -0.4 is 0 Å². The van der Waals surface area contributed by atoms with Crippen molar-refractivity contribution in [1.29, 1.82) is 0 Å². The molecule has 1 fully saturated rings. The monoisotopic (exact) mass is 320 g/mol. The van der Waals surface area contributed by atoms with Crippen LogP contribution in [0.15, 0.2) is 22.7 Å². The van der Waals surface area contributed by atoms with Crippen molar-refractivity contribution in [2.75, 3.05) is 5.33 Å². The minimum absolute atomic E-state index is 0.0911. The lowest BCUT2D eigenvalue weighted by Crippen LogP contribution is -2.07. The topological polar surface area (TPSA) is 0 Å². The Kier molecular flexibility index (Phi) is 2.98. The summed E-state index contributed by atoms with van der Waals surface area (Å²) in [5.41, 5.74) is 1.18. The van der Waals surface area contributed by atoms with Crippen molar-refractivity contribution in [3.63, 3.8) is 0 Å². The maximum Gasteiger partial charge on any atom is 0.127 e. The van der Waals surface area contributed by atoms with E-state index < -0.39 is 0 Å². The van der Waals surface area contributed by atoms with Gasteiger partial charge in [0.2, 0.25) is 0 Å². The highest BCUT2D eigenvalue weighted by molar-refractivity contribution is 9.10. The quantitative estimate of drug-likeness (QED) is 0.728. The molecule has 0 amide bonds. The van der Waals surface area contributed by atoms with Crippen LogP contribution in [0.4, 0.5) is 4.39 Å². The first-order valence-electron chi connectivity index (χ1n) is 4.65. The number of rotatable bonds is 3. The first-order chi connectivity index (χ1) is 6.65. The third-order valence-electron chi connectivity index (χ3n) is 2.82. The highest BCUT2D eigenvalue weighted by atomic mass is 79.9. The van der Waals surface area contributed by atoms with E-state index in [4.69, 9.17) is 0 Å². The number of hydrogen-bond donors (Lipinski definition) is 0. The molecule has 0 unspecified atom stereocenters. The Bertz CT molecular complexity index is 345. The van der Waals surface area contributed by atoms with Gasteiger partial charge in [-0.25, -0.2) is 4.39 Å². The molecule has 0 N–H and O–H groups in total. The minimum Gasteiger partial charge on any atom is -0.207 e. The second kappa shape index (κ2) is 3.93. The second-order valence-electron chi connectivity index (χ2n) is 4.05. The van der Waals surface area contributed by atoms with Gasteiger partial charge in [-0.1, -0.05) is 37.9 Å². The first-order valence-corrected chi connectivity index (χ1v) is 6.57. The number of halogens is 3. The molecule has 0 atom stereocenters. The van der Waals surface area contributed by atoms with E-state index in [1.165, 1.54) is 12.8 Å². The average Bonchev–Trinajstić information content (AvgIpc) is 2.91. The summed E-state index contributed by atoms with van der Waals surface area (Å²) < 4.78 is 14.3. The van der Waals surface area contributed by atoms with Gasteiger partial charge in [0, 0.05) is 9.80 Å². The Morgan fingerprint density at radius 1 is 1.36 bits per heavy atom. The summed E-state index contributed by atoms with van der Waals surface area (Å²) in [5.74, 6) is -0.0911. The molecular weight excluding hydrogens is 311 g/mol. The zero-order valence-corrected chi connectivity index (χ0v) is 10.9. The predicted octanol–water partition coefficient (Wildman–Crippen LogP) is 4.31. The summed E-state index contributed by atoms with van der Waals surface area (Å²) >= 11 is 6.76. The summed E-state index contributed by atoms with van der Waals surface area (Å²) in [6, 6.07) is 5.32. The van der Waals surface area contributed by atoms with Crippen molar-refractivity contribution in [1.82, 2.24) is 0 Å². The average molecular weight is 322 g/mol. The second-order valence-corrected chi connectivity index (χ2v) is 5.52. The molecular formula is C11H11Br2F. The summed E-state index contributed by atoms with van der Waals surface area (Å²) in [7, 11) is 0. The molecule has 0 nitrogen and oxygen atoms in total. The van der Waals surface area contributed by atoms with E-state index >= 15 is 0 Å². The van der Waals surface area contributed by atoms with Gasteiger partial charge in [0.1, 0.15) is 5.82 Å². The van der Waals surface area contributed by atoms with Crippen molar-refractivity contribution < 1.29 is 4.39 Å². The van der Waals surface area contributed by atoms with E-state index in [9.17, 15) is 4.39 Å². The lowest BCUT2D eigenvalue weighted by atomic mass is 9.98. The van der Waals surface area contributed by atoms with Crippen LogP contribution in [0, 0.1) is 11.2 Å². The fraction of sp³-hybridized carbons (Fsp3) is 0.455. The standard InChI is InChI=1S/C11H11Br2F/c12-7-11(3-4-11)6-8-1-2-9(13)5-10(8)14/h1-2,5H,3-4,6-7H2. The lowest BCUT2D eigenvalue weighted by molar-refractivity contribution is 0.543. The van der Waals surface area contributed by atoms with Crippen molar-refractivity contribution in [2.45, 2.75) is 19.3 Å². The van der Waals surface area contributed by atoms with E-state index in [2.05, 4.69) is 31.9 Å². The molecule has 1 aromatic rings. The van der Waals surface area contributed by atoms with Crippen LogP contribution >= 0.6 is 31.9 Å². The Hall–Kier alpha value is 0.110. The molecule has 0 aliphatic heterocycles. The van der Waals surface area contributed by atoms with Gasteiger partial charge in [0.15, 0.2) is 0 Å². The van der Waals surface area contributed by atoms with Gasteiger partial charge in [0.25, 0.3) is 0 Å². The molecule has 1 aromatic carbocycles. The van der Waals surface area contributed by atoms with Gasteiger partial charge in [0.05, 0.1) is 0 Å². The normalized spacial score (nSPS) is 18.2. The van der Waals surface area contributed by atoms with Crippen molar-refractivity contribution in [3.8, 4) is 0 Å². The van der Waals surface area contributed by atoms with Gasteiger partial charge < -0.3 is 0 Å². The van der Waals surface area contributed by atoms with Crippen LogP contribution in [-0.2, 0) is 6.42 Å². The van der Waals surface area contributed by atoms with Crippen molar-refractivity contribution in [2.24, 2.45) is 5.41 Å². The molecule has 0 heterocycles. The third-order valence-corrected chi connectivity index (χ3v) is 4.50. The van der Waals surface area contributed by atoms with Crippen LogP contribution in [0.1, 0.15) is 18.4 Å². The van der Waals surface area contributed by atoms with E-state index in [0.717, 1.165) is 21.8 Å². The van der Waals surface area contributed by atoms with Crippen LogP contribution in [-0.4, -0.2) is 5.33 Å². The molecule has 0 saturated heterocycles. The van der Waals surface area contributed by atoms with Crippen molar-refractivity contribution >= 4 is 31.9 Å². The fourth-order valence-electron chi connectivity index (χ4n) is 1.60. The molecule has 3 heteroatoms. The van der Waals surface area contributed by atoms with Gasteiger partial charge in [-0.3, -0.25) is 0 Å². The predicted molar refractivity (Wildman–Crippen MR) is 63.3 cm³/mol. The summed E-state index contributed by atoms with van der Waals surface area (Å²) in [6.45, 7) is 0. The van der Waals surface area contributed by atoms with Gasteiger partial charge in [-0.2, -0.15) is 0 Å². The Morgan fingerprint density at radius 2 is 2.07 bits per heavy atom. The van der Waals surface area contributed by atoms with Crippen LogP contribution in [0.25, 0.3) is 0 Å². The van der Waals surface area contributed by atoms with Gasteiger partial charge in [-0.05, 0) is 42.4 Å². The van der Waals surface area contributed by atoms with E-state index in [1.807, 2.05) is 12.1 Å². The molecule has 2 rings (SSSR count). The molecule has 1 saturated carbocycles. The van der Waals surface area contributed by atoms with Crippen LogP contribution in [0.5, 0.6) is 0 Å². The molecule has 0 aromatic heterocycles. The SMILES string of the molecule is Fc1cc(Br)ccc1CC1(CBr)CC1. The lowest BCUT2D eigenvalue weighted by Gasteiger charge is -2.11. The van der Waals surface area contributed by atoms with Gasteiger partial charge >= 0.3 is 0 Å². The van der Waals surface area contributed by atoms with Crippen molar-refractivity contribution in [3.05, 3.63) is 34.1 Å². The van der Waals surface area contributed by atoms with E-state index in [1.54, 1.807) is 6.07 Å². The number of alkyl halides is 1. The van der Waals surface area contributed by atoms with E-state index in [-0.39, 0.29) is 5.82 Å². The largest absolute Gasteiger partial charge is 0.207 e. The minimum atomic E-state index is -0.0911. The van der Waals surface area contributed by atoms with Crippen LogP contribution in [0.2, 0.25) is 0 Å². The zero-order chi connectivity index (χ0) is 10.2. The maximum absolute atomic E-state index is 13.5. The number of hydrogen-bond acceptors (Lipinski definition) is 0. The number of benzene rings is 1. The third kappa shape index (κ3) is 2.19.